The topological polar surface area (TPSA) is 89.3 Å². The molecule has 2 aromatic carbocycles. The number of nitrogens with two attached hydrogens (primary N) is 1. The summed E-state index contributed by atoms with van der Waals surface area (Å²) in [6, 6.07) is 12.0. The standard InChI is InChI=1S/C17H19FN2O3S2/c1-12(14-4-8-16(9-5-14)25(19,22)23)20-17(21)11-24-10-13-2-6-15(18)7-3-13/h2-9,12H,10-11H2,1H3,(H,20,21)(H2,19,22,23)/t12-/m0/s1. The molecule has 134 valence electrons. The summed E-state index contributed by atoms with van der Waals surface area (Å²) in [7, 11) is -3.72. The van der Waals surface area contributed by atoms with Crippen LogP contribution in [0.1, 0.15) is 24.1 Å². The second-order valence-corrected chi connectivity index (χ2v) is 8.07. The maximum Gasteiger partial charge on any atom is 0.238 e. The van der Waals surface area contributed by atoms with Crippen LogP contribution in [0.3, 0.4) is 0 Å². The van der Waals surface area contributed by atoms with Crippen molar-refractivity contribution in [2.45, 2.75) is 23.6 Å². The second kappa shape index (κ2) is 8.46. The molecule has 3 N–H and O–H groups in total. The van der Waals surface area contributed by atoms with E-state index in [1.165, 1.54) is 36.0 Å². The Bertz CT molecular complexity index is 822. The maximum atomic E-state index is 12.8. The van der Waals surface area contributed by atoms with E-state index in [0.29, 0.717) is 5.75 Å². The van der Waals surface area contributed by atoms with Gasteiger partial charge < -0.3 is 5.32 Å². The van der Waals surface area contributed by atoms with E-state index < -0.39 is 10.0 Å². The number of sulfonamides is 1. The van der Waals surface area contributed by atoms with Crippen LogP contribution in [0.15, 0.2) is 53.4 Å². The van der Waals surface area contributed by atoms with Gasteiger partial charge in [0.25, 0.3) is 0 Å². The van der Waals surface area contributed by atoms with Crippen LogP contribution in [0, 0.1) is 5.82 Å². The van der Waals surface area contributed by atoms with Crippen LogP contribution in [0.25, 0.3) is 0 Å². The van der Waals surface area contributed by atoms with Gasteiger partial charge in [0, 0.05) is 5.75 Å². The number of hydrogen-bond acceptors (Lipinski definition) is 4. The van der Waals surface area contributed by atoms with Gasteiger partial charge in [0.05, 0.1) is 16.7 Å². The first-order chi connectivity index (χ1) is 11.8. The fourth-order valence-electron chi connectivity index (χ4n) is 2.15. The van der Waals surface area contributed by atoms with Crippen LogP contribution in [0.4, 0.5) is 4.39 Å². The van der Waals surface area contributed by atoms with Crippen LogP contribution in [0.2, 0.25) is 0 Å². The minimum absolute atomic E-state index is 0.0321. The summed E-state index contributed by atoms with van der Waals surface area (Å²) in [5, 5.41) is 7.90. The second-order valence-electron chi connectivity index (χ2n) is 5.52. The Hall–Kier alpha value is -1.90. The smallest absolute Gasteiger partial charge is 0.238 e. The van der Waals surface area contributed by atoms with Crippen molar-refractivity contribution in [3.8, 4) is 0 Å². The zero-order valence-electron chi connectivity index (χ0n) is 13.6. The van der Waals surface area contributed by atoms with Crippen molar-refractivity contribution < 1.29 is 17.6 Å². The van der Waals surface area contributed by atoms with Gasteiger partial charge in [-0.3, -0.25) is 4.79 Å². The third-order valence-corrected chi connectivity index (χ3v) is 5.43. The number of amides is 1. The van der Waals surface area contributed by atoms with E-state index in [1.807, 2.05) is 6.92 Å². The van der Waals surface area contributed by atoms with Gasteiger partial charge in [0.1, 0.15) is 5.82 Å². The van der Waals surface area contributed by atoms with E-state index in [1.54, 1.807) is 24.3 Å². The molecule has 0 spiro atoms. The molecule has 0 fully saturated rings. The Morgan fingerprint density at radius 3 is 2.32 bits per heavy atom. The van der Waals surface area contributed by atoms with Crippen molar-refractivity contribution >= 4 is 27.7 Å². The highest BCUT2D eigenvalue weighted by Crippen LogP contribution is 2.17. The molecule has 0 aromatic heterocycles. The molecule has 0 heterocycles. The quantitative estimate of drug-likeness (QED) is 0.770. The molecule has 2 aromatic rings. The summed E-state index contributed by atoms with van der Waals surface area (Å²) in [5.41, 5.74) is 1.73. The first kappa shape index (κ1) is 19.4. The molecule has 2 rings (SSSR count). The van der Waals surface area contributed by atoms with Crippen molar-refractivity contribution in [1.82, 2.24) is 5.32 Å². The van der Waals surface area contributed by atoms with E-state index in [-0.39, 0.29) is 28.4 Å². The molecule has 0 unspecified atom stereocenters. The number of hydrogen-bond donors (Lipinski definition) is 2. The predicted octanol–water partition coefficient (Wildman–Crippen LogP) is 2.58. The predicted molar refractivity (Wildman–Crippen MR) is 96.9 cm³/mol. The zero-order valence-corrected chi connectivity index (χ0v) is 15.2. The van der Waals surface area contributed by atoms with Gasteiger partial charge in [-0.2, -0.15) is 0 Å². The summed E-state index contributed by atoms with van der Waals surface area (Å²) in [6.45, 7) is 1.81. The molecule has 0 bridgehead atoms. The minimum atomic E-state index is -3.72. The Balaban J connectivity index is 1.82. The Kier molecular flexibility index (Phi) is 6.57. The number of thioether (sulfide) groups is 1. The summed E-state index contributed by atoms with van der Waals surface area (Å²) in [6.07, 6.45) is 0. The summed E-state index contributed by atoms with van der Waals surface area (Å²) in [5.74, 6) is 0.478. The largest absolute Gasteiger partial charge is 0.349 e. The number of carbonyl (C=O) groups excluding carboxylic acids is 1. The summed E-state index contributed by atoms with van der Waals surface area (Å²) < 4.78 is 35.3. The number of benzene rings is 2. The number of carbonyl (C=O) groups is 1. The zero-order chi connectivity index (χ0) is 18.4. The lowest BCUT2D eigenvalue weighted by molar-refractivity contribution is -0.119. The van der Waals surface area contributed by atoms with Gasteiger partial charge in [-0.1, -0.05) is 24.3 Å². The highest BCUT2D eigenvalue weighted by Gasteiger charge is 2.12. The van der Waals surface area contributed by atoms with E-state index in [0.717, 1.165) is 11.1 Å². The maximum absolute atomic E-state index is 12.8. The molecule has 0 saturated carbocycles. The lowest BCUT2D eigenvalue weighted by atomic mass is 10.1. The number of rotatable bonds is 7. The monoisotopic (exact) mass is 382 g/mol. The third kappa shape index (κ3) is 6.15. The summed E-state index contributed by atoms with van der Waals surface area (Å²) >= 11 is 1.43. The SMILES string of the molecule is C[C@H](NC(=O)CSCc1ccc(F)cc1)c1ccc(S(N)(=O)=O)cc1. The minimum Gasteiger partial charge on any atom is -0.349 e. The molecular formula is C17H19FN2O3S2. The Labute approximate surface area is 150 Å². The van der Waals surface area contributed by atoms with Gasteiger partial charge in [0.2, 0.25) is 15.9 Å². The van der Waals surface area contributed by atoms with E-state index in [4.69, 9.17) is 5.14 Å². The first-order valence-electron chi connectivity index (χ1n) is 7.50. The van der Waals surface area contributed by atoms with Crippen molar-refractivity contribution in [1.29, 1.82) is 0 Å². The molecule has 0 aliphatic carbocycles. The Morgan fingerprint density at radius 1 is 1.16 bits per heavy atom. The molecule has 0 aliphatic rings. The molecule has 0 saturated heterocycles. The average Bonchev–Trinajstić information content (AvgIpc) is 2.56. The molecular weight excluding hydrogens is 363 g/mol. The number of nitrogens with one attached hydrogen (secondary N) is 1. The van der Waals surface area contributed by atoms with Gasteiger partial charge >= 0.3 is 0 Å². The molecule has 25 heavy (non-hydrogen) atoms. The van der Waals surface area contributed by atoms with E-state index in [9.17, 15) is 17.6 Å². The lowest BCUT2D eigenvalue weighted by Crippen LogP contribution is -2.28. The fraction of sp³-hybridized carbons (Fsp3) is 0.235. The highest BCUT2D eigenvalue weighted by atomic mass is 32.2. The van der Waals surface area contributed by atoms with Crippen LogP contribution in [0.5, 0.6) is 0 Å². The van der Waals surface area contributed by atoms with E-state index >= 15 is 0 Å². The van der Waals surface area contributed by atoms with E-state index in [2.05, 4.69) is 5.32 Å². The van der Waals surface area contributed by atoms with Crippen LogP contribution in [-0.4, -0.2) is 20.1 Å². The van der Waals surface area contributed by atoms with Gasteiger partial charge in [-0.05, 0) is 42.3 Å². The first-order valence-corrected chi connectivity index (χ1v) is 10.2. The van der Waals surface area contributed by atoms with Crippen LogP contribution < -0.4 is 10.5 Å². The highest BCUT2D eigenvalue weighted by molar-refractivity contribution is 7.99. The van der Waals surface area contributed by atoms with Crippen molar-refractivity contribution in [3.63, 3.8) is 0 Å². The van der Waals surface area contributed by atoms with Crippen LogP contribution in [-0.2, 0) is 20.6 Å². The lowest BCUT2D eigenvalue weighted by Gasteiger charge is -2.14. The average molecular weight is 382 g/mol. The van der Waals surface area contributed by atoms with Gasteiger partial charge in [0.15, 0.2) is 0 Å². The van der Waals surface area contributed by atoms with Crippen molar-refractivity contribution in [3.05, 3.63) is 65.5 Å². The molecule has 8 heteroatoms. The molecule has 5 nitrogen and oxygen atoms in total. The normalized spacial score (nSPS) is 12.6. The van der Waals surface area contributed by atoms with Crippen molar-refractivity contribution in [2.75, 3.05) is 5.75 Å². The Morgan fingerprint density at radius 2 is 1.76 bits per heavy atom. The van der Waals surface area contributed by atoms with Crippen molar-refractivity contribution in [2.24, 2.45) is 5.14 Å². The van der Waals surface area contributed by atoms with Gasteiger partial charge in [-0.25, -0.2) is 17.9 Å². The van der Waals surface area contributed by atoms with Crippen LogP contribution >= 0.6 is 11.8 Å². The number of primary sulfonamides is 1. The third-order valence-electron chi connectivity index (χ3n) is 3.50. The molecule has 1 atom stereocenters. The summed E-state index contributed by atoms with van der Waals surface area (Å²) in [4.78, 5) is 12.0. The molecule has 0 radical (unpaired) electrons. The number of halogens is 1. The molecule has 0 aliphatic heterocycles. The fourth-order valence-corrected chi connectivity index (χ4v) is 3.47. The molecule has 1 amide bonds. The van der Waals surface area contributed by atoms with Gasteiger partial charge in [-0.15, -0.1) is 11.8 Å².